The number of carbonyl (C=O) groups excluding carboxylic acids is 1. The monoisotopic (exact) mass is 308 g/mol. The summed E-state index contributed by atoms with van der Waals surface area (Å²) in [5.41, 5.74) is 1.08. The number of nitrogens with zero attached hydrogens (tertiary/aromatic N) is 1. The van der Waals surface area contributed by atoms with E-state index in [9.17, 15) is 9.00 Å². The summed E-state index contributed by atoms with van der Waals surface area (Å²) in [6.07, 6.45) is 3.39. The first-order valence-electron chi connectivity index (χ1n) is 7.48. The first kappa shape index (κ1) is 16.2. The van der Waals surface area contributed by atoms with Crippen LogP contribution in [0.4, 0.5) is 0 Å². The van der Waals surface area contributed by atoms with Gasteiger partial charge in [-0.3, -0.25) is 14.3 Å². The molecule has 21 heavy (non-hydrogen) atoms. The molecular formula is C16H24N2O2S. The molecule has 5 heteroatoms. The highest BCUT2D eigenvalue weighted by molar-refractivity contribution is 7.84. The van der Waals surface area contributed by atoms with E-state index in [4.69, 9.17) is 0 Å². The number of hydrogen-bond acceptors (Lipinski definition) is 3. The molecule has 1 aliphatic rings. The summed E-state index contributed by atoms with van der Waals surface area (Å²) in [6, 6.07) is 9.86. The van der Waals surface area contributed by atoms with Crippen LogP contribution >= 0.6 is 0 Å². The number of nitrogens with one attached hydrogen (secondary N) is 1. The Labute approximate surface area is 129 Å². The fourth-order valence-corrected chi connectivity index (χ4v) is 3.03. The van der Waals surface area contributed by atoms with Crippen LogP contribution < -0.4 is 5.32 Å². The van der Waals surface area contributed by atoms with Crippen molar-refractivity contribution in [2.24, 2.45) is 0 Å². The van der Waals surface area contributed by atoms with Gasteiger partial charge in [0.1, 0.15) is 6.17 Å². The van der Waals surface area contributed by atoms with Crippen molar-refractivity contribution in [3.8, 4) is 0 Å². The second-order valence-electron chi connectivity index (χ2n) is 5.62. The van der Waals surface area contributed by atoms with Crippen molar-refractivity contribution in [2.75, 3.05) is 12.8 Å². The largest absolute Gasteiger partial charge is 0.320 e. The number of hydrogen-bond donors (Lipinski definition) is 1. The van der Waals surface area contributed by atoms with Crippen LogP contribution in [0.5, 0.6) is 0 Å². The summed E-state index contributed by atoms with van der Waals surface area (Å²) in [7, 11) is -0.929. The van der Waals surface area contributed by atoms with Crippen molar-refractivity contribution in [1.29, 1.82) is 0 Å². The summed E-state index contributed by atoms with van der Waals surface area (Å²) >= 11 is 0. The molecule has 116 valence electrons. The van der Waals surface area contributed by atoms with E-state index >= 15 is 0 Å². The molecule has 0 bridgehead atoms. The van der Waals surface area contributed by atoms with Crippen LogP contribution in [0.15, 0.2) is 30.3 Å². The number of amides is 1. The summed E-state index contributed by atoms with van der Waals surface area (Å²) in [6.45, 7) is 4.53. The molecule has 1 N–H and O–H groups in total. The molecule has 0 spiro atoms. The van der Waals surface area contributed by atoms with Gasteiger partial charge in [0.2, 0.25) is 5.91 Å². The van der Waals surface area contributed by atoms with Crippen molar-refractivity contribution < 1.29 is 9.00 Å². The fraction of sp³-hybridized carbons (Fsp3) is 0.562. The maximum Gasteiger partial charge on any atom is 0.241 e. The van der Waals surface area contributed by atoms with Crippen molar-refractivity contribution in [3.05, 3.63) is 35.9 Å². The van der Waals surface area contributed by atoms with Crippen molar-refractivity contribution in [2.45, 2.75) is 44.1 Å². The molecule has 1 aromatic rings. The number of carbonyl (C=O) groups is 1. The molecule has 4 nitrogen and oxygen atoms in total. The molecule has 2 rings (SSSR count). The minimum absolute atomic E-state index is 0.0256. The molecule has 1 aromatic carbocycles. The minimum atomic E-state index is -0.929. The highest BCUT2D eigenvalue weighted by atomic mass is 32.2. The average Bonchev–Trinajstić information content (AvgIpc) is 2.78. The van der Waals surface area contributed by atoms with Gasteiger partial charge in [0.25, 0.3) is 0 Å². The Balaban J connectivity index is 2.23. The van der Waals surface area contributed by atoms with E-state index in [0.29, 0.717) is 6.54 Å². The van der Waals surface area contributed by atoms with Gasteiger partial charge in [0.05, 0.1) is 6.04 Å². The lowest BCUT2D eigenvalue weighted by Gasteiger charge is -2.26. The molecular weight excluding hydrogens is 284 g/mol. The lowest BCUT2D eigenvalue weighted by molar-refractivity contribution is -0.130. The SMILES string of the molecule is CCCC1NC(c2ccccc2)N(CC(C)S(C)=O)C1=O. The zero-order valence-electron chi connectivity index (χ0n) is 12.9. The Morgan fingerprint density at radius 2 is 2.00 bits per heavy atom. The van der Waals surface area contributed by atoms with E-state index in [2.05, 4.69) is 12.2 Å². The summed E-state index contributed by atoms with van der Waals surface area (Å²) < 4.78 is 11.6. The predicted octanol–water partition coefficient (Wildman–Crippen LogP) is 2.05. The lowest BCUT2D eigenvalue weighted by atomic mass is 10.1. The van der Waals surface area contributed by atoms with Gasteiger partial charge in [-0.15, -0.1) is 0 Å². The Bertz CT molecular complexity index is 506. The van der Waals surface area contributed by atoms with Crippen LogP contribution in [0.25, 0.3) is 0 Å². The van der Waals surface area contributed by atoms with E-state index in [-0.39, 0.29) is 23.4 Å². The molecule has 1 aliphatic heterocycles. The van der Waals surface area contributed by atoms with Gasteiger partial charge in [-0.05, 0) is 18.9 Å². The van der Waals surface area contributed by atoms with E-state index in [1.165, 1.54) is 0 Å². The van der Waals surface area contributed by atoms with Crippen LogP contribution in [0, 0.1) is 0 Å². The maximum atomic E-state index is 12.6. The van der Waals surface area contributed by atoms with Crippen LogP contribution in [-0.4, -0.2) is 39.1 Å². The van der Waals surface area contributed by atoms with Gasteiger partial charge >= 0.3 is 0 Å². The third-order valence-electron chi connectivity index (χ3n) is 3.97. The predicted molar refractivity (Wildman–Crippen MR) is 86.3 cm³/mol. The van der Waals surface area contributed by atoms with Gasteiger partial charge in [-0.1, -0.05) is 43.7 Å². The summed E-state index contributed by atoms with van der Waals surface area (Å²) in [4.78, 5) is 14.5. The smallest absolute Gasteiger partial charge is 0.241 e. The number of benzene rings is 1. The zero-order valence-corrected chi connectivity index (χ0v) is 13.7. The van der Waals surface area contributed by atoms with Gasteiger partial charge < -0.3 is 4.90 Å². The van der Waals surface area contributed by atoms with Crippen molar-refractivity contribution in [3.63, 3.8) is 0 Å². The molecule has 1 fully saturated rings. The number of rotatable bonds is 6. The molecule has 1 saturated heterocycles. The topological polar surface area (TPSA) is 49.4 Å². The third-order valence-corrected chi connectivity index (χ3v) is 5.25. The van der Waals surface area contributed by atoms with E-state index in [1.807, 2.05) is 42.2 Å². The second-order valence-corrected chi connectivity index (χ2v) is 7.42. The average molecular weight is 308 g/mol. The van der Waals surface area contributed by atoms with E-state index in [1.54, 1.807) is 6.26 Å². The molecule has 0 saturated carbocycles. The van der Waals surface area contributed by atoms with E-state index < -0.39 is 10.8 Å². The molecule has 4 atom stereocenters. The molecule has 0 aromatic heterocycles. The first-order chi connectivity index (χ1) is 10.0. The van der Waals surface area contributed by atoms with E-state index in [0.717, 1.165) is 18.4 Å². The minimum Gasteiger partial charge on any atom is -0.320 e. The van der Waals surface area contributed by atoms with Crippen LogP contribution in [0.2, 0.25) is 0 Å². The molecule has 1 amide bonds. The van der Waals surface area contributed by atoms with Gasteiger partial charge in [-0.2, -0.15) is 0 Å². The maximum absolute atomic E-state index is 12.6. The third kappa shape index (κ3) is 3.71. The Morgan fingerprint density at radius 1 is 1.33 bits per heavy atom. The molecule has 4 unspecified atom stereocenters. The molecule has 0 aliphatic carbocycles. The normalized spacial score (nSPS) is 25.1. The van der Waals surface area contributed by atoms with Gasteiger partial charge in [-0.25, -0.2) is 0 Å². The second kappa shape index (κ2) is 7.18. The summed E-state index contributed by atoms with van der Waals surface area (Å²) in [5.74, 6) is 0.128. The first-order valence-corrected chi connectivity index (χ1v) is 9.10. The quantitative estimate of drug-likeness (QED) is 0.875. The Kier molecular flexibility index (Phi) is 5.53. The van der Waals surface area contributed by atoms with Gasteiger partial charge in [0, 0.05) is 28.9 Å². The van der Waals surface area contributed by atoms with Crippen LogP contribution in [0.3, 0.4) is 0 Å². The Morgan fingerprint density at radius 3 is 2.57 bits per heavy atom. The fourth-order valence-electron chi connectivity index (χ4n) is 2.66. The standard InChI is InChI=1S/C16H24N2O2S/c1-4-8-14-16(19)18(11-12(2)21(3)20)15(17-14)13-9-6-5-7-10-13/h5-7,9-10,12,14-15,17H,4,8,11H2,1-3H3. The molecule has 1 heterocycles. The van der Waals surface area contributed by atoms with Crippen molar-refractivity contribution in [1.82, 2.24) is 10.2 Å². The van der Waals surface area contributed by atoms with Crippen LogP contribution in [0.1, 0.15) is 38.4 Å². The zero-order chi connectivity index (χ0) is 15.4. The highest BCUT2D eigenvalue weighted by Crippen LogP contribution is 2.27. The van der Waals surface area contributed by atoms with Crippen molar-refractivity contribution >= 4 is 16.7 Å². The van der Waals surface area contributed by atoms with Gasteiger partial charge in [0.15, 0.2) is 0 Å². The summed E-state index contributed by atoms with van der Waals surface area (Å²) in [5, 5.41) is 3.40. The van der Waals surface area contributed by atoms with Crippen LogP contribution in [-0.2, 0) is 15.6 Å². The Hall–Kier alpha value is -1.20. The molecule has 0 radical (unpaired) electrons. The highest BCUT2D eigenvalue weighted by Gasteiger charge is 2.39. The lowest BCUT2D eigenvalue weighted by Crippen LogP contribution is -2.37.